The van der Waals surface area contributed by atoms with Gasteiger partial charge in [-0.3, -0.25) is 29.8 Å². The van der Waals surface area contributed by atoms with Gasteiger partial charge < -0.3 is 4.40 Å². The van der Waals surface area contributed by atoms with Crippen LogP contribution in [0.2, 0.25) is 0 Å². The van der Waals surface area contributed by atoms with E-state index >= 15 is 0 Å². The minimum Gasteiger partial charge on any atom is -0.313 e. The summed E-state index contributed by atoms with van der Waals surface area (Å²) >= 11 is 0. The predicted octanol–water partition coefficient (Wildman–Crippen LogP) is 4.78. The van der Waals surface area contributed by atoms with Crippen LogP contribution < -0.4 is 0 Å². The third kappa shape index (κ3) is 4.24. The molecule has 2 aromatic carbocycles. The highest BCUT2D eigenvalue weighted by Gasteiger charge is 2.21. The van der Waals surface area contributed by atoms with E-state index in [1.807, 2.05) is 0 Å². The van der Waals surface area contributed by atoms with Crippen LogP contribution in [0.3, 0.4) is 0 Å². The number of nitro groups is 2. The van der Waals surface area contributed by atoms with Crippen LogP contribution in [0.1, 0.15) is 44.5 Å². The Kier molecular flexibility index (Phi) is 5.53. The largest absolute Gasteiger partial charge is 0.313 e. The second kappa shape index (κ2) is 8.46. The van der Waals surface area contributed by atoms with Crippen LogP contribution in [-0.4, -0.2) is 25.8 Å². The van der Waals surface area contributed by atoms with Crippen LogP contribution >= 0.6 is 0 Å². The van der Waals surface area contributed by atoms with Gasteiger partial charge in [0.05, 0.1) is 21.1 Å². The van der Waals surface area contributed by atoms with Crippen molar-refractivity contribution in [1.82, 2.24) is 4.40 Å². The summed E-state index contributed by atoms with van der Waals surface area (Å²) in [5.41, 5.74) is 2.78. The second-order valence-electron chi connectivity index (χ2n) is 7.53. The predicted molar refractivity (Wildman–Crippen MR) is 120 cm³/mol. The molecule has 0 aliphatic rings. The number of ketones is 2. The van der Waals surface area contributed by atoms with Crippen LogP contribution in [0.15, 0.2) is 72.9 Å². The van der Waals surface area contributed by atoms with Crippen molar-refractivity contribution in [2.24, 2.45) is 0 Å². The van der Waals surface area contributed by atoms with Gasteiger partial charge in [0.2, 0.25) is 5.78 Å². The number of aromatic nitrogens is 1. The monoisotopic (exact) mass is 443 g/mol. The maximum Gasteiger partial charge on any atom is 0.270 e. The van der Waals surface area contributed by atoms with Crippen LogP contribution in [0.4, 0.5) is 11.4 Å². The molecule has 4 rings (SSSR count). The van der Waals surface area contributed by atoms with Crippen molar-refractivity contribution in [2.45, 2.75) is 13.3 Å². The Bertz CT molecular complexity index is 1440. The summed E-state index contributed by atoms with van der Waals surface area (Å²) in [4.78, 5) is 46.3. The van der Waals surface area contributed by atoms with Crippen LogP contribution in [0.25, 0.3) is 5.52 Å². The van der Waals surface area contributed by atoms with Gasteiger partial charge in [-0.2, -0.15) is 0 Å². The molecule has 0 fully saturated rings. The lowest BCUT2D eigenvalue weighted by Crippen LogP contribution is -2.06. The number of carbonyl (C=O) groups excluding carboxylic acids is 2. The average molecular weight is 443 g/mol. The molecule has 0 spiro atoms. The fourth-order valence-corrected chi connectivity index (χ4v) is 3.69. The lowest BCUT2D eigenvalue weighted by Gasteiger charge is -2.07. The summed E-state index contributed by atoms with van der Waals surface area (Å²) < 4.78 is 1.59. The number of non-ortho nitro benzene ring substituents is 2. The molecule has 2 heterocycles. The van der Waals surface area contributed by atoms with E-state index in [-0.39, 0.29) is 28.4 Å². The maximum atomic E-state index is 13.1. The zero-order valence-corrected chi connectivity index (χ0v) is 17.4. The number of hydrogen-bond acceptors (Lipinski definition) is 6. The minimum absolute atomic E-state index is 0.00367. The Morgan fingerprint density at radius 2 is 1.55 bits per heavy atom. The van der Waals surface area contributed by atoms with Crippen molar-refractivity contribution in [1.29, 1.82) is 0 Å². The normalized spacial score (nSPS) is 10.8. The fourth-order valence-electron chi connectivity index (χ4n) is 3.69. The number of fused-ring (bicyclic) bond motifs is 1. The van der Waals surface area contributed by atoms with Crippen LogP contribution in [-0.2, 0) is 6.42 Å². The third-order valence-electron chi connectivity index (χ3n) is 5.32. The molecule has 33 heavy (non-hydrogen) atoms. The quantitative estimate of drug-likeness (QED) is 0.230. The van der Waals surface area contributed by atoms with E-state index in [1.165, 1.54) is 49.4 Å². The molecule has 9 nitrogen and oxygen atoms in total. The Labute approximate surface area is 187 Å². The van der Waals surface area contributed by atoms with Crippen LogP contribution in [0, 0.1) is 20.2 Å². The van der Waals surface area contributed by atoms with Gasteiger partial charge in [0.15, 0.2) is 5.78 Å². The van der Waals surface area contributed by atoms with Gasteiger partial charge in [-0.25, -0.2) is 0 Å². The van der Waals surface area contributed by atoms with Crippen molar-refractivity contribution in [2.75, 3.05) is 0 Å². The molecule has 0 aliphatic heterocycles. The number of nitrogens with zero attached hydrogens (tertiary/aromatic N) is 3. The second-order valence-corrected chi connectivity index (χ2v) is 7.53. The van der Waals surface area contributed by atoms with Crippen molar-refractivity contribution < 1.29 is 19.4 Å². The van der Waals surface area contributed by atoms with Crippen molar-refractivity contribution >= 4 is 28.5 Å². The summed E-state index contributed by atoms with van der Waals surface area (Å²) in [5.74, 6) is -0.664. The molecular weight excluding hydrogens is 426 g/mol. The Morgan fingerprint density at radius 1 is 0.848 bits per heavy atom. The molecule has 0 radical (unpaired) electrons. The molecule has 0 N–H and O–H groups in total. The van der Waals surface area contributed by atoms with Gasteiger partial charge in [-0.05, 0) is 42.7 Å². The average Bonchev–Trinajstić information content (AvgIpc) is 3.18. The number of pyridine rings is 1. The van der Waals surface area contributed by atoms with E-state index in [1.54, 1.807) is 34.9 Å². The summed E-state index contributed by atoms with van der Waals surface area (Å²) in [7, 11) is 0. The van der Waals surface area contributed by atoms with E-state index in [0.717, 1.165) is 11.1 Å². The highest BCUT2D eigenvalue weighted by Crippen LogP contribution is 2.24. The molecular formula is C24H17N3O6. The number of hydrogen-bond donors (Lipinski definition) is 0. The van der Waals surface area contributed by atoms with Gasteiger partial charge in [-0.1, -0.05) is 24.3 Å². The van der Waals surface area contributed by atoms with E-state index in [2.05, 4.69) is 0 Å². The lowest BCUT2D eigenvalue weighted by atomic mass is 10.0. The molecule has 0 aliphatic carbocycles. The smallest absolute Gasteiger partial charge is 0.270 e. The molecule has 0 saturated carbocycles. The zero-order valence-electron chi connectivity index (χ0n) is 17.4. The van der Waals surface area contributed by atoms with Crippen molar-refractivity contribution in [3.63, 3.8) is 0 Å². The number of rotatable bonds is 7. The first kappa shape index (κ1) is 21.6. The third-order valence-corrected chi connectivity index (χ3v) is 5.32. The first-order valence-corrected chi connectivity index (χ1v) is 9.92. The van der Waals surface area contributed by atoms with Gasteiger partial charge in [0.1, 0.15) is 0 Å². The highest BCUT2D eigenvalue weighted by molar-refractivity contribution is 6.12. The zero-order chi connectivity index (χ0) is 23.7. The molecule has 0 amide bonds. The van der Waals surface area contributed by atoms with Gasteiger partial charge in [-0.15, -0.1) is 0 Å². The molecule has 0 atom stereocenters. The topological polar surface area (TPSA) is 125 Å². The van der Waals surface area contributed by atoms with E-state index < -0.39 is 15.6 Å². The SMILES string of the molecule is CC(=O)c1cc(C(=O)c2cccc([N+](=O)[O-])c2)n2ccc(Cc3ccc([N+](=O)[O-])cc3)cc12. The van der Waals surface area contributed by atoms with Gasteiger partial charge >= 0.3 is 0 Å². The summed E-state index contributed by atoms with van der Waals surface area (Å²) in [5, 5.41) is 21.9. The number of benzene rings is 2. The lowest BCUT2D eigenvalue weighted by molar-refractivity contribution is -0.385. The Balaban J connectivity index is 1.73. The highest BCUT2D eigenvalue weighted by atomic mass is 16.6. The Hall–Kier alpha value is -4.66. The molecule has 0 bridgehead atoms. The molecule has 4 aromatic rings. The first-order chi connectivity index (χ1) is 15.7. The number of Topliss-reactive ketones (excluding diaryl/α,β-unsaturated/α-hetero) is 1. The van der Waals surface area contributed by atoms with Crippen LogP contribution in [0.5, 0.6) is 0 Å². The molecule has 2 aromatic heterocycles. The maximum absolute atomic E-state index is 13.1. The number of carbonyl (C=O) groups is 2. The molecule has 164 valence electrons. The van der Waals surface area contributed by atoms with Gasteiger partial charge in [0, 0.05) is 41.6 Å². The Morgan fingerprint density at radius 3 is 2.18 bits per heavy atom. The molecule has 0 saturated heterocycles. The van der Waals surface area contributed by atoms with Crippen molar-refractivity contribution in [3.05, 3.63) is 121 Å². The molecule has 0 unspecified atom stereocenters. The fraction of sp³-hybridized carbons (Fsp3) is 0.0833. The minimum atomic E-state index is -0.571. The van der Waals surface area contributed by atoms with E-state index in [0.29, 0.717) is 17.5 Å². The molecule has 9 heteroatoms. The van der Waals surface area contributed by atoms with Gasteiger partial charge in [0.25, 0.3) is 11.4 Å². The first-order valence-electron chi connectivity index (χ1n) is 9.92. The number of nitro benzene ring substituents is 2. The summed E-state index contributed by atoms with van der Waals surface area (Å²) in [6.07, 6.45) is 2.15. The summed E-state index contributed by atoms with van der Waals surface area (Å²) in [6.45, 7) is 1.40. The summed E-state index contributed by atoms with van der Waals surface area (Å²) in [6, 6.07) is 16.7. The van der Waals surface area contributed by atoms with Crippen molar-refractivity contribution in [3.8, 4) is 0 Å². The van der Waals surface area contributed by atoms with E-state index in [9.17, 15) is 29.8 Å². The van der Waals surface area contributed by atoms with E-state index in [4.69, 9.17) is 0 Å². The standard InChI is InChI=1S/C24H17N3O6/c1-15(28)21-14-23(24(29)18-3-2-4-20(13-18)27(32)33)25-10-9-17(12-22(21)25)11-16-5-7-19(8-6-16)26(30)31/h2-10,12-14H,11H2,1H3.